The Balaban J connectivity index is 1.91. The van der Waals surface area contributed by atoms with Gasteiger partial charge in [-0.25, -0.2) is 13.1 Å². The molecule has 1 aliphatic rings. The van der Waals surface area contributed by atoms with E-state index < -0.39 is 10.0 Å². The van der Waals surface area contributed by atoms with Gasteiger partial charge in [0.1, 0.15) is 11.4 Å². The summed E-state index contributed by atoms with van der Waals surface area (Å²) < 4.78 is 31.8. The monoisotopic (exact) mass is 341 g/mol. The lowest BCUT2D eigenvalue weighted by atomic mass is 10.0. The molecular formula is C16H27N3O3S. The Labute approximate surface area is 139 Å². The third-order valence-electron chi connectivity index (χ3n) is 4.04. The molecule has 0 amide bonds. The van der Waals surface area contributed by atoms with E-state index in [-0.39, 0.29) is 10.5 Å². The summed E-state index contributed by atoms with van der Waals surface area (Å²) in [4.78, 5) is 2.68. The van der Waals surface area contributed by atoms with Gasteiger partial charge in [-0.05, 0) is 51.6 Å². The van der Waals surface area contributed by atoms with Crippen molar-refractivity contribution in [1.82, 2.24) is 14.9 Å². The average Bonchev–Trinajstić information content (AvgIpc) is 2.54. The summed E-state index contributed by atoms with van der Waals surface area (Å²) >= 11 is 0. The van der Waals surface area contributed by atoms with E-state index in [1.165, 1.54) is 7.05 Å². The van der Waals surface area contributed by atoms with Gasteiger partial charge in [0.2, 0.25) is 10.0 Å². The zero-order chi connectivity index (χ0) is 16.9. The van der Waals surface area contributed by atoms with Crippen LogP contribution in [0.15, 0.2) is 29.2 Å². The van der Waals surface area contributed by atoms with Gasteiger partial charge in [-0.2, -0.15) is 0 Å². The molecule has 7 heteroatoms. The first-order valence-corrected chi connectivity index (χ1v) is 9.46. The van der Waals surface area contributed by atoms with Crippen LogP contribution >= 0.6 is 0 Å². The largest absolute Gasteiger partial charge is 0.488 e. The smallest absolute Gasteiger partial charge is 0.240 e. The van der Waals surface area contributed by atoms with Crippen molar-refractivity contribution in [2.24, 2.45) is 0 Å². The third-order valence-corrected chi connectivity index (χ3v) is 5.47. The number of rotatable bonds is 7. The zero-order valence-electron chi connectivity index (χ0n) is 14.1. The standard InChI is InChI=1S/C16H27N3O3S/c1-16(2,8-11-19-12-9-18-10-13-19)22-14-4-6-15(7-5-14)23(20,21)17-3/h4-7,17-18H,8-13H2,1-3H3. The van der Waals surface area contributed by atoms with E-state index in [1.54, 1.807) is 24.3 Å². The maximum Gasteiger partial charge on any atom is 0.240 e. The third kappa shape index (κ3) is 5.46. The Morgan fingerprint density at radius 2 is 1.83 bits per heavy atom. The summed E-state index contributed by atoms with van der Waals surface area (Å²) in [6.45, 7) is 9.37. The molecule has 0 unspecified atom stereocenters. The van der Waals surface area contributed by atoms with Crippen LogP contribution in [0.1, 0.15) is 20.3 Å². The fraction of sp³-hybridized carbons (Fsp3) is 0.625. The Kier molecular flexibility index (Phi) is 6.02. The highest BCUT2D eigenvalue weighted by Gasteiger charge is 2.22. The van der Waals surface area contributed by atoms with Crippen LogP contribution in [0.25, 0.3) is 0 Å². The molecular weight excluding hydrogens is 314 g/mol. The molecule has 0 atom stereocenters. The van der Waals surface area contributed by atoms with Gasteiger partial charge in [0, 0.05) is 32.7 Å². The molecule has 0 spiro atoms. The van der Waals surface area contributed by atoms with E-state index in [0.29, 0.717) is 5.75 Å². The second kappa shape index (κ2) is 7.61. The first-order chi connectivity index (χ1) is 10.8. The highest BCUT2D eigenvalue weighted by molar-refractivity contribution is 7.89. The summed E-state index contributed by atoms with van der Waals surface area (Å²) in [5, 5.41) is 3.35. The lowest BCUT2D eigenvalue weighted by molar-refractivity contribution is 0.0808. The van der Waals surface area contributed by atoms with Crippen LogP contribution in [0.4, 0.5) is 0 Å². The molecule has 1 heterocycles. The van der Waals surface area contributed by atoms with Crippen molar-refractivity contribution >= 4 is 10.0 Å². The predicted molar refractivity (Wildman–Crippen MR) is 91.3 cm³/mol. The molecule has 1 saturated heterocycles. The normalized spacial score (nSPS) is 17.2. The van der Waals surface area contributed by atoms with E-state index in [2.05, 4.69) is 28.8 Å². The molecule has 1 fully saturated rings. The van der Waals surface area contributed by atoms with Crippen molar-refractivity contribution < 1.29 is 13.2 Å². The number of benzene rings is 1. The first kappa shape index (κ1) is 18.2. The molecule has 130 valence electrons. The van der Waals surface area contributed by atoms with Gasteiger partial charge < -0.3 is 15.0 Å². The average molecular weight is 341 g/mol. The molecule has 0 bridgehead atoms. The van der Waals surface area contributed by atoms with E-state index in [0.717, 1.165) is 39.1 Å². The highest BCUT2D eigenvalue weighted by Crippen LogP contribution is 2.23. The van der Waals surface area contributed by atoms with Gasteiger partial charge in [0.25, 0.3) is 0 Å². The van der Waals surface area contributed by atoms with Crippen LogP contribution in [0, 0.1) is 0 Å². The van der Waals surface area contributed by atoms with Crippen molar-refractivity contribution in [3.05, 3.63) is 24.3 Å². The van der Waals surface area contributed by atoms with Gasteiger partial charge in [-0.1, -0.05) is 0 Å². The molecule has 1 aliphatic heterocycles. The summed E-state index contributed by atoms with van der Waals surface area (Å²) in [6.07, 6.45) is 0.920. The van der Waals surface area contributed by atoms with Crippen molar-refractivity contribution in [2.75, 3.05) is 39.8 Å². The molecule has 0 aliphatic carbocycles. The van der Waals surface area contributed by atoms with Crippen molar-refractivity contribution in [1.29, 1.82) is 0 Å². The minimum Gasteiger partial charge on any atom is -0.488 e. The summed E-state index contributed by atoms with van der Waals surface area (Å²) in [5.41, 5.74) is -0.297. The van der Waals surface area contributed by atoms with Gasteiger partial charge in [0.15, 0.2) is 0 Å². The Morgan fingerprint density at radius 1 is 1.22 bits per heavy atom. The Hall–Kier alpha value is -1.15. The van der Waals surface area contributed by atoms with Crippen LogP contribution in [0.5, 0.6) is 5.75 Å². The number of ether oxygens (including phenoxy) is 1. The molecule has 0 aromatic heterocycles. The van der Waals surface area contributed by atoms with Crippen LogP contribution < -0.4 is 14.8 Å². The molecule has 2 rings (SSSR count). The Bertz CT molecular complexity index is 594. The molecule has 1 aromatic carbocycles. The van der Waals surface area contributed by atoms with E-state index in [4.69, 9.17) is 4.74 Å². The SMILES string of the molecule is CNS(=O)(=O)c1ccc(OC(C)(C)CCN2CCNCC2)cc1. The fourth-order valence-electron chi connectivity index (χ4n) is 2.54. The van der Waals surface area contributed by atoms with E-state index in [9.17, 15) is 8.42 Å². The quantitative estimate of drug-likeness (QED) is 0.776. The van der Waals surface area contributed by atoms with Gasteiger partial charge in [-0.15, -0.1) is 0 Å². The van der Waals surface area contributed by atoms with Crippen LogP contribution in [0.3, 0.4) is 0 Å². The van der Waals surface area contributed by atoms with Crippen molar-refractivity contribution in [3.63, 3.8) is 0 Å². The van der Waals surface area contributed by atoms with Crippen LogP contribution in [0.2, 0.25) is 0 Å². The molecule has 0 saturated carbocycles. The fourth-order valence-corrected chi connectivity index (χ4v) is 3.27. The zero-order valence-corrected chi connectivity index (χ0v) is 14.9. The van der Waals surface area contributed by atoms with Crippen LogP contribution in [-0.2, 0) is 10.0 Å². The van der Waals surface area contributed by atoms with Crippen molar-refractivity contribution in [2.45, 2.75) is 30.8 Å². The van der Waals surface area contributed by atoms with E-state index >= 15 is 0 Å². The number of sulfonamides is 1. The number of hydrogen-bond acceptors (Lipinski definition) is 5. The van der Waals surface area contributed by atoms with Gasteiger partial charge in [-0.3, -0.25) is 0 Å². The topological polar surface area (TPSA) is 70.7 Å². The first-order valence-electron chi connectivity index (χ1n) is 7.98. The second-order valence-electron chi connectivity index (χ2n) is 6.38. The van der Waals surface area contributed by atoms with E-state index in [1.807, 2.05) is 0 Å². The lowest BCUT2D eigenvalue weighted by Crippen LogP contribution is -2.45. The maximum atomic E-state index is 11.7. The van der Waals surface area contributed by atoms with Crippen LogP contribution in [-0.4, -0.2) is 58.7 Å². The molecule has 1 aromatic rings. The predicted octanol–water partition coefficient (Wildman–Crippen LogP) is 1.05. The maximum absolute atomic E-state index is 11.7. The Morgan fingerprint density at radius 3 is 2.39 bits per heavy atom. The summed E-state index contributed by atoms with van der Waals surface area (Å²) in [7, 11) is -2.00. The van der Waals surface area contributed by atoms with Crippen molar-refractivity contribution in [3.8, 4) is 5.75 Å². The molecule has 6 nitrogen and oxygen atoms in total. The summed E-state index contributed by atoms with van der Waals surface area (Å²) in [5.74, 6) is 0.686. The molecule has 0 radical (unpaired) electrons. The number of nitrogens with zero attached hydrogens (tertiary/aromatic N) is 1. The molecule has 2 N–H and O–H groups in total. The second-order valence-corrected chi connectivity index (χ2v) is 8.27. The molecule has 23 heavy (non-hydrogen) atoms. The highest BCUT2D eigenvalue weighted by atomic mass is 32.2. The lowest BCUT2D eigenvalue weighted by Gasteiger charge is -2.32. The minimum absolute atomic E-state index is 0.242. The van der Waals surface area contributed by atoms with Gasteiger partial charge >= 0.3 is 0 Å². The number of nitrogens with one attached hydrogen (secondary N) is 2. The minimum atomic E-state index is -3.40. The number of hydrogen-bond donors (Lipinski definition) is 2. The number of piperazine rings is 1. The summed E-state index contributed by atoms with van der Waals surface area (Å²) in [6, 6.07) is 6.54. The van der Waals surface area contributed by atoms with Gasteiger partial charge in [0.05, 0.1) is 4.90 Å².